The number of aliphatic hydroxyl groups is 1. The van der Waals surface area contributed by atoms with Crippen molar-refractivity contribution in [2.24, 2.45) is 11.8 Å². The van der Waals surface area contributed by atoms with Crippen LogP contribution < -0.4 is 9.64 Å². The zero-order valence-electron chi connectivity index (χ0n) is 17.8. The van der Waals surface area contributed by atoms with Gasteiger partial charge in [0.15, 0.2) is 5.69 Å². The molecule has 2 fully saturated rings. The first-order valence-corrected chi connectivity index (χ1v) is 10.3. The summed E-state index contributed by atoms with van der Waals surface area (Å²) in [6.07, 6.45) is 0.625. The highest BCUT2D eigenvalue weighted by Gasteiger charge is 2.43. The van der Waals surface area contributed by atoms with Crippen molar-refractivity contribution >= 4 is 11.9 Å². The van der Waals surface area contributed by atoms with E-state index in [1.807, 2.05) is 32.9 Å². The van der Waals surface area contributed by atoms with E-state index in [0.29, 0.717) is 24.2 Å². The van der Waals surface area contributed by atoms with Crippen molar-refractivity contribution in [3.63, 3.8) is 0 Å². The Morgan fingerprint density at radius 3 is 2.50 bits per heavy atom. The molecule has 0 amide bonds. The lowest BCUT2D eigenvalue weighted by atomic mass is 9.78. The molecule has 2 aliphatic rings. The van der Waals surface area contributed by atoms with Crippen molar-refractivity contribution in [2.75, 3.05) is 25.1 Å². The predicted molar refractivity (Wildman–Crippen MR) is 111 cm³/mol. The maximum atomic E-state index is 11.9. The highest BCUT2D eigenvalue weighted by molar-refractivity contribution is 5.87. The molecule has 1 saturated carbocycles. The van der Waals surface area contributed by atoms with Crippen LogP contribution in [0.4, 0.5) is 5.95 Å². The SMILES string of the molecule is COC(=O)c1cc(C)nc(N2C[C@H]3C[C@@H](Oc4ccc(C)nc4C)[C@H](O)C[C@H]3C2)n1. The molecule has 1 saturated heterocycles. The molecule has 4 rings (SSSR count). The smallest absolute Gasteiger partial charge is 0.356 e. The number of nitrogens with zero attached hydrogens (tertiary/aromatic N) is 4. The molecule has 3 heterocycles. The number of carbonyl (C=O) groups is 1. The minimum absolute atomic E-state index is 0.262. The molecule has 8 nitrogen and oxygen atoms in total. The molecule has 1 N–H and O–H groups in total. The molecule has 160 valence electrons. The average molecular weight is 412 g/mol. The quantitative estimate of drug-likeness (QED) is 0.764. The summed E-state index contributed by atoms with van der Waals surface area (Å²) in [7, 11) is 1.34. The highest BCUT2D eigenvalue weighted by atomic mass is 16.5. The van der Waals surface area contributed by atoms with E-state index in [2.05, 4.69) is 19.9 Å². The van der Waals surface area contributed by atoms with Crippen LogP contribution >= 0.6 is 0 Å². The van der Waals surface area contributed by atoms with Gasteiger partial charge < -0.3 is 19.5 Å². The van der Waals surface area contributed by atoms with E-state index in [4.69, 9.17) is 9.47 Å². The Labute approximate surface area is 176 Å². The van der Waals surface area contributed by atoms with Crippen LogP contribution in [0, 0.1) is 32.6 Å². The van der Waals surface area contributed by atoms with Crippen LogP contribution in [0.1, 0.15) is 40.4 Å². The normalized spacial score (nSPS) is 25.7. The number of hydrogen-bond donors (Lipinski definition) is 1. The minimum Gasteiger partial charge on any atom is -0.486 e. The number of anilines is 1. The molecule has 1 aliphatic heterocycles. The van der Waals surface area contributed by atoms with Crippen molar-refractivity contribution < 1.29 is 19.4 Å². The second kappa shape index (κ2) is 8.18. The second-order valence-electron chi connectivity index (χ2n) is 8.34. The Morgan fingerprint density at radius 1 is 1.07 bits per heavy atom. The lowest BCUT2D eigenvalue weighted by molar-refractivity contribution is -0.0236. The summed E-state index contributed by atoms with van der Waals surface area (Å²) in [5.74, 6) is 1.49. The van der Waals surface area contributed by atoms with Crippen molar-refractivity contribution in [3.05, 3.63) is 41.0 Å². The molecule has 0 spiro atoms. The molecule has 1 aliphatic carbocycles. The summed E-state index contributed by atoms with van der Waals surface area (Å²) in [6, 6.07) is 5.47. The second-order valence-corrected chi connectivity index (χ2v) is 8.34. The van der Waals surface area contributed by atoms with Gasteiger partial charge in [-0.05, 0) is 63.6 Å². The number of methoxy groups -OCH3 is 1. The van der Waals surface area contributed by atoms with E-state index < -0.39 is 12.1 Å². The third-order valence-electron chi connectivity index (χ3n) is 6.06. The van der Waals surface area contributed by atoms with Gasteiger partial charge in [0.05, 0.1) is 18.9 Å². The summed E-state index contributed by atoms with van der Waals surface area (Å²) in [5.41, 5.74) is 2.76. The lowest BCUT2D eigenvalue weighted by Crippen LogP contribution is -2.42. The number of rotatable bonds is 4. The molecule has 0 radical (unpaired) electrons. The number of aromatic nitrogens is 3. The third kappa shape index (κ3) is 4.09. The number of aliphatic hydroxyl groups excluding tert-OH is 1. The average Bonchev–Trinajstić information content (AvgIpc) is 3.12. The first-order valence-electron chi connectivity index (χ1n) is 10.3. The third-order valence-corrected chi connectivity index (χ3v) is 6.06. The molecule has 4 atom stereocenters. The number of carbonyl (C=O) groups excluding carboxylic acids is 1. The van der Waals surface area contributed by atoms with Crippen LogP contribution in [0.5, 0.6) is 5.75 Å². The summed E-state index contributed by atoms with van der Waals surface area (Å²) in [6.45, 7) is 7.23. The maximum absolute atomic E-state index is 11.9. The fourth-order valence-electron chi connectivity index (χ4n) is 4.55. The van der Waals surface area contributed by atoms with Crippen molar-refractivity contribution in [1.29, 1.82) is 0 Å². The van der Waals surface area contributed by atoms with Gasteiger partial charge in [0.25, 0.3) is 0 Å². The number of hydrogen-bond acceptors (Lipinski definition) is 8. The fourth-order valence-corrected chi connectivity index (χ4v) is 4.55. The number of fused-ring (bicyclic) bond motifs is 1. The van der Waals surface area contributed by atoms with Gasteiger partial charge in [-0.15, -0.1) is 0 Å². The predicted octanol–water partition coefficient (Wildman–Crippen LogP) is 2.24. The molecule has 0 unspecified atom stereocenters. The van der Waals surface area contributed by atoms with Crippen LogP contribution in [-0.4, -0.2) is 58.4 Å². The number of pyridine rings is 1. The van der Waals surface area contributed by atoms with E-state index in [1.54, 1.807) is 6.07 Å². The van der Waals surface area contributed by atoms with Gasteiger partial charge in [-0.3, -0.25) is 4.98 Å². The van der Waals surface area contributed by atoms with Crippen molar-refractivity contribution in [3.8, 4) is 5.75 Å². The Hall–Kier alpha value is -2.74. The highest BCUT2D eigenvalue weighted by Crippen LogP contribution is 2.39. The van der Waals surface area contributed by atoms with E-state index in [9.17, 15) is 9.90 Å². The first-order chi connectivity index (χ1) is 14.3. The van der Waals surface area contributed by atoms with Crippen LogP contribution in [0.15, 0.2) is 18.2 Å². The summed E-state index contributed by atoms with van der Waals surface area (Å²) >= 11 is 0. The zero-order valence-corrected chi connectivity index (χ0v) is 17.8. The first kappa shape index (κ1) is 20.5. The Morgan fingerprint density at radius 2 is 1.80 bits per heavy atom. The van der Waals surface area contributed by atoms with Gasteiger partial charge in [0, 0.05) is 24.5 Å². The molecule has 0 aromatic carbocycles. The maximum Gasteiger partial charge on any atom is 0.356 e. The Bertz CT molecular complexity index is 951. The topological polar surface area (TPSA) is 97.7 Å². The Balaban J connectivity index is 1.48. The van der Waals surface area contributed by atoms with Crippen LogP contribution in [0.3, 0.4) is 0 Å². The van der Waals surface area contributed by atoms with Gasteiger partial charge in [0.2, 0.25) is 5.95 Å². The minimum atomic E-state index is -0.532. The summed E-state index contributed by atoms with van der Waals surface area (Å²) in [5, 5.41) is 10.7. The van der Waals surface area contributed by atoms with Gasteiger partial charge in [-0.25, -0.2) is 14.8 Å². The number of aryl methyl sites for hydroxylation is 3. The van der Waals surface area contributed by atoms with E-state index in [0.717, 1.165) is 42.3 Å². The molecule has 2 aromatic heterocycles. The number of esters is 1. The fraction of sp³-hybridized carbons (Fsp3) is 0.545. The lowest BCUT2D eigenvalue weighted by Gasteiger charge is -2.35. The van der Waals surface area contributed by atoms with Crippen LogP contribution in [-0.2, 0) is 4.74 Å². The zero-order chi connectivity index (χ0) is 21.4. The molecular formula is C22H28N4O4. The number of ether oxygens (including phenoxy) is 2. The van der Waals surface area contributed by atoms with Gasteiger partial charge in [-0.2, -0.15) is 0 Å². The van der Waals surface area contributed by atoms with Crippen LogP contribution in [0.2, 0.25) is 0 Å². The molecule has 30 heavy (non-hydrogen) atoms. The van der Waals surface area contributed by atoms with Gasteiger partial charge in [-0.1, -0.05) is 0 Å². The van der Waals surface area contributed by atoms with Crippen molar-refractivity contribution in [2.45, 2.75) is 45.8 Å². The van der Waals surface area contributed by atoms with Crippen molar-refractivity contribution in [1.82, 2.24) is 15.0 Å². The molecule has 0 bridgehead atoms. The monoisotopic (exact) mass is 412 g/mol. The Kier molecular flexibility index (Phi) is 5.60. The summed E-state index contributed by atoms with van der Waals surface area (Å²) < 4.78 is 11.0. The standard InChI is InChI=1S/C22H28N4O4/c1-12-5-6-19(14(3)23-12)30-20-9-16-11-26(10-15(16)8-18(20)27)22-24-13(2)7-17(25-22)21(28)29-4/h5-7,15-16,18,20,27H,8-11H2,1-4H3/t15-,16+,18+,20+/m0/s1. The van der Waals surface area contributed by atoms with Gasteiger partial charge in [0.1, 0.15) is 11.9 Å². The van der Waals surface area contributed by atoms with E-state index >= 15 is 0 Å². The summed E-state index contributed by atoms with van der Waals surface area (Å²) in [4.78, 5) is 27.4. The van der Waals surface area contributed by atoms with E-state index in [-0.39, 0.29) is 11.8 Å². The molecule has 8 heteroatoms. The molecular weight excluding hydrogens is 384 g/mol. The largest absolute Gasteiger partial charge is 0.486 e. The van der Waals surface area contributed by atoms with E-state index in [1.165, 1.54) is 7.11 Å². The van der Waals surface area contributed by atoms with Crippen LogP contribution in [0.25, 0.3) is 0 Å². The van der Waals surface area contributed by atoms with Gasteiger partial charge >= 0.3 is 5.97 Å². The molecule has 2 aromatic rings.